The van der Waals surface area contributed by atoms with Gasteiger partial charge in [-0.05, 0) is 30.2 Å². The van der Waals surface area contributed by atoms with Crippen LogP contribution in [0.15, 0.2) is 30.3 Å². The molecule has 1 spiro atoms. The van der Waals surface area contributed by atoms with E-state index in [-0.39, 0.29) is 11.2 Å². The molecule has 1 unspecified atom stereocenters. The summed E-state index contributed by atoms with van der Waals surface area (Å²) in [5, 5.41) is 2.52. The predicted octanol–water partition coefficient (Wildman–Crippen LogP) is 1.72. The molecule has 3 rings (SSSR count). The van der Waals surface area contributed by atoms with Gasteiger partial charge in [-0.1, -0.05) is 36.8 Å². The molecule has 0 bridgehead atoms. The number of nitrogens with zero attached hydrogens (tertiary/aromatic N) is 1. The lowest BCUT2D eigenvalue weighted by molar-refractivity contribution is -0.109. The van der Waals surface area contributed by atoms with Crippen LogP contribution in [-0.2, 0) is 14.8 Å². The van der Waals surface area contributed by atoms with Gasteiger partial charge < -0.3 is 5.32 Å². The molecule has 1 aliphatic heterocycles. The molecule has 1 aliphatic carbocycles. The molecule has 126 valence electrons. The first-order chi connectivity index (χ1) is 11.1. The molecule has 1 atom stereocenters. The monoisotopic (exact) mass is 336 g/mol. The minimum atomic E-state index is -3.25. The highest BCUT2D eigenvalue weighted by molar-refractivity contribution is 7.89. The lowest BCUT2D eigenvalue weighted by atomic mass is 9.61. The van der Waals surface area contributed by atoms with Crippen LogP contribution in [0.2, 0.25) is 0 Å². The number of carbonyl (C=O) groups is 1. The van der Waals surface area contributed by atoms with Crippen LogP contribution in [0.5, 0.6) is 0 Å². The first kappa shape index (κ1) is 16.5. The molecule has 0 radical (unpaired) electrons. The summed E-state index contributed by atoms with van der Waals surface area (Å²) in [6.07, 6.45) is 4.49. The first-order valence-electron chi connectivity index (χ1n) is 8.27. The zero-order valence-corrected chi connectivity index (χ0v) is 14.1. The highest BCUT2D eigenvalue weighted by atomic mass is 32.2. The normalized spacial score (nSPS) is 23.6. The fourth-order valence-electron chi connectivity index (χ4n) is 3.96. The van der Waals surface area contributed by atoms with Crippen molar-refractivity contribution in [1.82, 2.24) is 9.62 Å². The number of hydrogen-bond donors (Lipinski definition) is 1. The smallest absolute Gasteiger partial charge is 0.214 e. The van der Waals surface area contributed by atoms with Crippen LogP contribution in [0, 0.1) is 5.41 Å². The van der Waals surface area contributed by atoms with Crippen LogP contribution in [0.3, 0.4) is 0 Å². The Morgan fingerprint density at radius 1 is 1.26 bits per heavy atom. The van der Waals surface area contributed by atoms with Crippen molar-refractivity contribution in [2.24, 2.45) is 5.41 Å². The van der Waals surface area contributed by atoms with Gasteiger partial charge in [0.05, 0.1) is 5.75 Å². The van der Waals surface area contributed by atoms with E-state index >= 15 is 0 Å². The van der Waals surface area contributed by atoms with Crippen molar-refractivity contribution >= 4 is 16.4 Å². The molecule has 1 N–H and O–H groups in total. The highest BCUT2D eigenvalue weighted by Gasteiger charge is 2.53. The minimum Gasteiger partial charge on any atom is -0.359 e. The highest BCUT2D eigenvalue weighted by Crippen LogP contribution is 2.56. The summed E-state index contributed by atoms with van der Waals surface area (Å²) >= 11 is 0. The molecule has 2 aliphatic rings. The lowest BCUT2D eigenvalue weighted by Crippen LogP contribution is -2.38. The van der Waals surface area contributed by atoms with E-state index in [1.54, 1.807) is 4.31 Å². The van der Waals surface area contributed by atoms with Gasteiger partial charge in [-0.3, -0.25) is 4.79 Å². The van der Waals surface area contributed by atoms with E-state index in [1.165, 1.54) is 12.0 Å². The molecular formula is C17H24N2O3S. The third-order valence-electron chi connectivity index (χ3n) is 5.37. The summed E-state index contributed by atoms with van der Waals surface area (Å²) in [5.74, 6) is 0.408. The Morgan fingerprint density at radius 3 is 2.61 bits per heavy atom. The molecule has 1 aromatic rings. The maximum atomic E-state index is 12.6. The van der Waals surface area contributed by atoms with Crippen LogP contribution in [-0.4, -0.2) is 44.5 Å². The second kappa shape index (κ2) is 6.61. The minimum absolute atomic E-state index is 0.103. The molecule has 1 saturated heterocycles. The van der Waals surface area contributed by atoms with Crippen LogP contribution in [0.25, 0.3) is 0 Å². The number of sulfonamides is 1. The Morgan fingerprint density at radius 2 is 2.00 bits per heavy atom. The molecule has 1 amide bonds. The molecule has 1 aromatic carbocycles. The van der Waals surface area contributed by atoms with Crippen molar-refractivity contribution in [3.63, 3.8) is 0 Å². The second-order valence-corrected chi connectivity index (χ2v) is 8.80. The third-order valence-corrected chi connectivity index (χ3v) is 7.24. The largest absolute Gasteiger partial charge is 0.359 e. The zero-order chi connectivity index (χ0) is 16.3. The van der Waals surface area contributed by atoms with Gasteiger partial charge in [-0.2, -0.15) is 0 Å². The van der Waals surface area contributed by atoms with Crippen molar-refractivity contribution in [1.29, 1.82) is 0 Å². The van der Waals surface area contributed by atoms with Gasteiger partial charge in [0.2, 0.25) is 16.4 Å². The SMILES string of the molecule is O=CNCCCS(=O)(=O)N1CC(c2ccccc2)C2(CCC2)C1. The maximum absolute atomic E-state index is 12.6. The average molecular weight is 336 g/mol. The van der Waals surface area contributed by atoms with Crippen LogP contribution >= 0.6 is 0 Å². The summed E-state index contributed by atoms with van der Waals surface area (Å²) in [7, 11) is -3.25. The number of rotatable bonds is 7. The van der Waals surface area contributed by atoms with E-state index in [1.807, 2.05) is 18.2 Å². The lowest BCUT2D eigenvalue weighted by Gasteiger charge is -2.43. The van der Waals surface area contributed by atoms with Crippen molar-refractivity contribution in [2.75, 3.05) is 25.4 Å². The maximum Gasteiger partial charge on any atom is 0.214 e. The quantitative estimate of drug-likeness (QED) is 0.609. The van der Waals surface area contributed by atoms with Crippen molar-refractivity contribution in [3.8, 4) is 0 Å². The van der Waals surface area contributed by atoms with Crippen LogP contribution in [0.4, 0.5) is 0 Å². The van der Waals surface area contributed by atoms with E-state index in [0.29, 0.717) is 38.4 Å². The number of hydrogen-bond acceptors (Lipinski definition) is 3. The number of carbonyl (C=O) groups excluding carboxylic acids is 1. The Kier molecular flexibility index (Phi) is 4.73. The topological polar surface area (TPSA) is 66.5 Å². The van der Waals surface area contributed by atoms with Gasteiger partial charge in [0.15, 0.2) is 0 Å². The summed E-state index contributed by atoms with van der Waals surface area (Å²) in [4.78, 5) is 10.2. The predicted molar refractivity (Wildman–Crippen MR) is 89.5 cm³/mol. The molecule has 5 nitrogen and oxygen atoms in total. The molecular weight excluding hydrogens is 312 g/mol. The number of nitrogens with one attached hydrogen (secondary N) is 1. The molecule has 1 heterocycles. The van der Waals surface area contributed by atoms with Gasteiger partial charge in [-0.15, -0.1) is 0 Å². The number of benzene rings is 1. The molecule has 2 fully saturated rings. The Hall–Kier alpha value is -1.40. The standard InChI is InChI=1S/C17H24N2O3S/c20-14-18-10-5-11-23(21,22)19-12-16(15-6-2-1-3-7-15)17(13-19)8-4-9-17/h1-3,6-7,14,16H,4-5,8-13H2,(H,18,20). The average Bonchev–Trinajstić information content (AvgIpc) is 2.94. The Bertz CT molecular complexity index is 641. The fourth-order valence-corrected chi connectivity index (χ4v) is 5.56. The van der Waals surface area contributed by atoms with E-state index in [2.05, 4.69) is 17.4 Å². The van der Waals surface area contributed by atoms with E-state index < -0.39 is 10.0 Å². The molecule has 1 saturated carbocycles. The Labute approximate surface area is 138 Å². The fraction of sp³-hybridized carbons (Fsp3) is 0.588. The first-order valence-corrected chi connectivity index (χ1v) is 9.88. The van der Waals surface area contributed by atoms with Crippen molar-refractivity contribution in [3.05, 3.63) is 35.9 Å². The van der Waals surface area contributed by atoms with E-state index in [0.717, 1.165) is 12.8 Å². The summed E-state index contributed by atoms with van der Waals surface area (Å²) in [6, 6.07) is 10.3. The van der Waals surface area contributed by atoms with Crippen molar-refractivity contribution < 1.29 is 13.2 Å². The van der Waals surface area contributed by atoms with Crippen molar-refractivity contribution in [2.45, 2.75) is 31.6 Å². The number of amides is 1. The molecule has 0 aromatic heterocycles. The summed E-state index contributed by atoms with van der Waals surface area (Å²) in [5.41, 5.74) is 1.39. The van der Waals surface area contributed by atoms with E-state index in [4.69, 9.17) is 0 Å². The van der Waals surface area contributed by atoms with Gasteiger partial charge in [0, 0.05) is 25.6 Å². The van der Waals surface area contributed by atoms with Gasteiger partial charge >= 0.3 is 0 Å². The summed E-state index contributed by atoms with van der Waals surface area (Å²) < 4.78 is 26.9. The van der Waals surface area contributed by atoms with E-state index in [9.17, 15) is 13.2 Å². The van der Waals surface area contributed by atoms with Gasteiger partial charge in [-0.25, -0.2) is 12.7 Å². The zero-order valence-electron chi connectivity index (χ0n) is 13.3. The van der Waals surface area contributed by atoms with Crippen LogP contribution < -0.4 is 5.32 Å². The second-order valence-electron chi connectivity index (χ2n) is 6.71. The third kappa shape index (κ3) is 3.28. The van der Waals surface area contributed by atoms with Crippen LogP contribution in [0.1, 0.15) is 37.2 Å². The Balaban J connectivity index is 1.72. The van der Waals surface area contributed by atoms with Gasteiger partial charge in [0.1, 0.15) is 0 Å². The summed E-state index contributed by atoms with van der Waals surface area (Å²) in [6.45, 7) is 1.65. The molecule has 23 heavy (non-hydrogen) atoms. The van der Waals surface area contributed by atoms with Gasteiger partial charge in [0.25, 0.3) is 0 Å². The molecule has 6 heteroatoms.